The van der Waals surface area contributed by atoms with Crippen LogP contribution in [-0.2, 0) is 28.0 Å². The molecule has 1 saturated heterocycles. The number of phenolic OH excluding ortho intramolecular Hbond substituents is 1. The van der Waals surface area contributed by atoms with Gasteiger partial charge < -0.3 is 19.5 Å². The van der Waals surface area contributed by atoms with E-state index in [0.717, 1.165) is 36.1 Å². The molecule has 0 radical (unpaired) electrons. The summed E-state index contributed by atoms with van der Waals surface area (Å²) < 4.78 is 12.3. The zero-order valence-corrected chi connectivity index (χ0v) is 17.7. The smallest absolute Gasteiger partial charge is 0.161 e. The van der Waals surface area contributed by atoms with E-state index in [4.69, 9.17) is 9.47 Å². The maximum absolute atomic E-state index is 12.7. The maximum atomic E-state index is 12.7. The molecule has 30 heavy (non-hydrogen) atoms. The molecule has 0 amide bonds. The number of ether oxygens (including phenoxy) is 2. The van der Waals surface area contributed by atoms with Crippen LogP contribution >= 0.6 is 0 Å². The normalized spacial score (nSPS) is 30.5. The van der Waals surface area contributed by atoms with E-state index < -0.39 is 11.0 Å². The summed E-state index contributed by atoms with van der Waals surface area (Å²) >= 11 is 0. The second-order valence-electron chi connectivity index (χ2n) is 9.06. The van der Waals surface area contributed by atoms with E-state index in [1.807, 2.05) is 36.4 Å². The van der Waals surface area contributed by atoms with Crippen molar-refractivity contribution >= 4 is 5.78 Å². The molecule has 0 spiro atoms. The van der Waals surface area contributed by atoms with Gasteiger partial charge in [0.2, 0.25) is 0 Å². The lowest BCUT2D eigenvalue weighted by Gasteiger charge is -2.64. The Morgan fingerprint density at radius 2 is 1.97 bits per heavy atom. The first kappa shape index (κ1) is 19.6. The van der Waals surface area contributed by atoms with Crippen LogP contribution in [0.25, 0.3) is 0 Å². The van der Waals surface area contributed by atoms with Crippen molar-refractivity contribution in [1.29, 1.82) is 0 Å². The first-order chi connectivity index (χ1) is 14.5. The summed E-state index contributed by atoms with van der Waals surface area (Å²) in [6.07, 6.45) is 3.27. The van der Waals surface area contributed by atoms with Gasteiger partial charge >= 0.3 is 0 Å². The Bertz CT molecular complexity index is 975. The molecule has 1 saturated carbocycles. The van der Waals surface area contributed by atoms with Crippen LogP contribution in [0.1, 0.15) is 42.4 Å². The van der Waals surface area contributed by atoms with Crippen LogP contribution in [0.2, 0.25) is 0 Å². The summed E-state index contributed by atoms with van der Waals surface area (Å²) in [6, 6.07) is 14.1. The Morgan fingerprint density at radius 3 is 2.73 bits per heavy atom. The van der Waals surface area contributed by atoms with E-state index in [1.165, 1.54) is 0 Å². The number of carbonyl (C=O) groups excluding carboxylic acids is 1. The molecule has 158 valence electrons. The number of Topliss-reactive ketones (excluding diaryl/α,β-unsaturated/α-hetero) is 1. The molecule has 3 atom stereocenters. The standard InChI is InChI=1S/C25H29NO4/c1-26-13-12-24-15-19(27)10-11-25(24,29-2)21(26)14-18-8-9-20(23(28)22(18)24)30-16-17-6-4-3-5-7-17/h3-9,21,28H,10-16H2,1-2H3/t21-,24+,25+/m0/s1. The number of likely N-dealkylation sites (N-methyl/N-ethyl adjacent to an activating group) is 1. The lowest BCUT2D eigenvalue weighted by Crippen LogP contribution is -2.73. The van der Waals surface area contributed by atoms with Gasteiger partial charge in [0.05, 0.1) is 5.60 Å². The number of aromatic hydroxyl groups is 1. The van der Waals surface area contributed by atoms with Crippen molar-refractivity contribution in [3.8, 4) is 11.5 Å². The van der Waals surface area contributed by atoms with Gasteiger partial charge in [0.15, 0.2) is 11.5 Å². The topological polar surface area (TPSA) is 59.0 Å². The summed E-state index contributed by atoms with van der Waals surface area (Å²) in [4.78, 5) is 15.1. The fraction of sp³-hybridized carbons (Fsp3) is 0.480. The molecular formula is C25H29NO4. The van der Waals surface area contributed by atoms with Crippen LogP contribution in [0.3, 0.4) is 0 Å². The lowest BCUT2D eigenvalue weighted by atomic mass is 9.49. The van der Waals surface area contributed by atoms with Crippen molar-refractivity contribution in [3.05, 3.63) is 59.2 Å². The molecule has 2 aliphatic carbocycles. The van der Waals surface area contributed by atoms with E-state index in [-0.39, 0.29) is 17.6 Å². The molecule has 5 nitrogen and oxygen atoms in total. The first-order valence-corrected chi connectivity index (χ1v) is 10.8. The van der Waals surface area contributed by atoms with Crippen molar-refractivity contribution in [2.75, 3.05) is 20.7 Å². The average Bonchev–Trinajstić information content (AvgIpc) is 2.76. The third-order valence-corrected chi connectivity index (χ3v) is 7.77. The fourth-order valence-electron chi connectivity index (χ4n) is 6.36. The van der Waals surface area contributed by atoms with Crippen LogP contribution in [0, 0.1) is 0 Å². The number of fused-ring (bicyclic) bond motifs is 1. The number of rotatable bonds is 4. The summed E-state index contributed by atoms with van der Waals surface area (Å²) in [5.74, 6) is 0.920. The minimum absolute atomic E-state index is 0.183. The van der Waals surface area contributed by atoms with Crippen LogP contribution in [0.5, 0.6) is 11.5 Å². The third-order valence-electron chi connectivity index (χ3n) is 7.77. The molecule has 1 aliphatic heterocycles. The number of phenols is 1. The van der Waals surface area contributed by atoms with Crippen molar-refractivity contribution in [1.82, 2.24) is 4.90 Å². The largest absolute Gasteiger partial charge is 0.504 e. The predicted molar refractivity (Wildman–Crippen MR) is 114 cm³/mol. The summed E-state index contributed by atoms with van der Waals surface area (Å²) in [5, 5.41) is 11.4. The number of methoxy groups -OCH3 is 1. The molecule has 2 aromatic carbocycles. The zero-order valence-electron chi connectivity index (χ0n) is 17.7. The van der Waals surface area contributed by atoms with E-state index in [0.29, 0.717) is 31.6 Å². The molecular weight excluding hydrogens is 378 g/mol. The highest BCUT2D eigenvalue weighted by molar-refractivity contribution is 5.83. The Morgan fingerprint density at radius 1 is 1.17 bits per heavy atom. The Hall–Kier alpha value is -2.37. The lowest BCUT2D eigenvalue weighted by molar-refractivity contribution is -0.183. The van der Waals surface area contributed by atoms with Crippen molar-refractivity contribution in [3.63, 3.8) is 0 Å². The SMILES string of the molecule is CO[C@@]12CCC(=O)C[C@@]13CCN(C)[C@H]2Cc1ccc(OCc2ccccc2)c(O)c13. The van der Waals surface area contributed by atoms with Gasteiger partial charge in [-0.1, -0.05) is 36.4 Å². The van der Waals surface area contributed by atoms with E-state index in [1.54, 1.807) is 7.11 Å². The van der Waals surface area contributed by atoms with E-state index in [2.05, 4.69) is 18.0 Å². The Balaban J connectivity index is 1.61. The fourth-order valence-corrected chi connectivity index (χ4v) is 6.36. The number of piperidine rings is 1. The zero-order chi connectivity index (χ0) is 20.9. The molecule has 1 heterocycles. The second kappa shape index (κ2) is 7.10. The van der Waals surface area contributed by atoms with Gasteiger partial charge in [-0.15, -0.1) is 0 Å². The van der Waals surface area contributed by atoms with Gasteiger partial charge in [-0.3, -0.25) is 4.79 Å². The van der Waals surface area contributed by atoms with Crippen LogP contribution in [0.4, 0.5) is 0 Å². The van der Waals surface area contributed by atoms with Gasteiger partial charge in [0, 0.05) is 37.0 Å². The number of benzene rings is 2. The molecule has 3 aliphatic rings. The maximum Gasteiger partial charge on any atom is 0.161 e. The third kappa shape index (κ3) is 2.65. The highest BCUT2D eigenvalue weighted by Crippen LogP contribution is 2.61. The van der Waals surface area contributed by atoms with E-state index in [9.17, 15) is 9.90 Å². The minimum atomic E-state index is -0.502. The highest BCUT2D eigenvalue weighted by atomic mass is 16.5. The van der Waals surface area contributed by atoms with Gasteiger partial charge in [-0.05, 0) is 50.0 Å². The molecule has 5 rings (SSSR count). The molecule has 0 aromatic heterocycles. The predicted octanol–water partition coefficient (Wildman–Crippen LogP) is 3.61. The highest BCUT2D eigenvalue weighted by Gasteiger charge is 2.66. The van der Waals surface area contributed by atoms with Crippen molar-refractivity contribution in [2.24, 2.45) is 0 Å². The summed E-state index contributed by atoms with van der Waals surface area (Å²) in [5.41, 5.74) is 2.08. The number of ketones is 1. The number of nitrogens with zero attached hydrogens (tertiary/aromatic N) is 1. The molecule has 0 unspecified atom stereocenters. The van der Waals surface area contributed by atoms with Crippen LogP contribution < -0.4 is 4.74 Å². The second-order valence-corrected chi connectivity index (χ2v) is 9.06. The summed E-state index contributed by atoms with van der Waals surface area (Å²) in [7, 11) is 3.92. The number of hydrogen-bond acceptors (Lipinski definition) is 5. The molecule has 2 aromatic rings. The Labute approximate surface area is 177 Å². The van der Waals surface area contributed by atoms with Gasteiger partial charge in [0.25, 0.3) is 0 Å². The molecule has 5 heteroatoms. The quantitative estimate of drug-likeness (QED) is 0.839. The van der Waals surface area contributed by atoms with Crippen LogP contribution in [-0.4, -0.2) is 48.1 Å². The summed E-state index contributed by atoms with van der Waals surface area (Å²) in [6.45, 7) is 1.27. The Kier molecular flexibility index (Phi) is 4.64. The monoisotopic (exact) mass is 407 g/mol. The van der Waals surface area contributed by atoms with Gasteiger partial charge in [-0.25, -0.2) is 0 Å². The number of likely N-dealkylation sites (tertiary alicyclic amines) is 1. The molecule has 2 fully saturated rings. The van der Waals surface area contributed by atoms with E-state index >= 15 is 0 Å². The van der Waals surface area contributed by atoms with Crippen molar-refractivity contribution in [2.45, 2.75) is 55.8 Å². The first-order valence-electron chi connectivity index (χ1n) is 10.8. The number of carbonyl (C=O) groups is 1. The van der Waals surface area contributed by atoms with Gasteiger partial charge in [-0.2, -0.15) is 0 Å². The van der Waals surface area contributed by atoms with Gasteiger partial charge in [0.1, 0.15) is 12.4 Å². The van der Waals surface area contributed by atoms with Crippen molar-refractivity contribution < 1.29 is 19.4 Å². The molecule has 2 bridgehead atoms. The average molecular weight is 408 g/mol. The van der Waals surface area contributed by atoms with Crippen LogP contribution in [0.15, 0.2) is 42.5 Å². The molecule has 1 N–H and O–H groups in total. The number of hydrogen-bond donors (Lipinski definition) is 1. The minimum Gasteiger partial charge on any atom is -0.504 e.